The summed E-state index contributed by atoms with van der Waals surface area (Å²) in [6.45, 7) is 0.778. The van der Waals surface area contributed by atoms with Crippen LogP contribution in [0.5, 0.6) is 0 Å². The number of benzene rings is 1. The van der Waals surface area contributed by atoms with Crippen molar-refractivity contribution in [1.82, 2.24) is 0 Å². The zero-order chi connectivity index (χ0) is 16.5. The molecule has 0 aromatic heterocycles. The van der Waals surface area contributed by atoms with Gasteiger partial charge in [0, 0.05) is 19.3 Å². The van der Waals surface area contributed by atoms with Crippen molar-refractivity contribution in [3.63, 3.8) is 0 Å². The average molecular weight is 327 g/mol. The minimum absolute atomic E-state index is 0.133. The lowest BCUT2D eigenvalue weighted by molar-refractivity contribution is -0.143. The lowest BCUT2D eigenvalue weighted by atomic mass is 9.85. The minimum atomic E-state index is -4.89. The first-order valence-electron chi connectivity index (χ1n) is 6.72. The zero-order valence-corrected chi connectivity index (χ0v) is 11.5. The van der Waals surface area contributed by atoms with Crippen LogP contribution in [0, 0.1) is 5.92 Å². The van der Waals surface area contributed by atoms with Crippen molar-refractivity contribution in [3.05, 3.63) is 34.9 Å². The molecule has 0 radical (unpaired) electrons. The number of rotatable bonds is 2. The van der Waals surface area contributed by atoms with Gasteiger partial charge >= 0.3 is 12.4 Å². The third kappa shape index (κ3) is 3.73. The van der Waals surface area contributed by atoms with Gasteiger partial charge in [0.1, 0.15) is 0 Å². The highest BCUT2D eigenvalue weighted by Gasteiger charge is 2.40. The van der Waals surface area contributed by atoms with Gasteiger partial charge in [0.25, 0.3) is 0 Å². The molecule has 1 fully saturated rings. The molecule has 0 unspecified atom stereocenters. The lowest BCUT2D eigenvalue weighted by Gasteiger charge is -2.29. The maximum Gasteiger partial charge on any atom is 0.416 e. The van der Waals surface area contributed by atoms with E-state index in [1.165, 1.54) is 0 Å². The van der Waals surface area contributed by atoms with E-state index < -0.39 is 29.5 Å². The lowest BCUT2D eigenvalue weighted by Crippen LogP contribution is -2.29. The monoisotopic (exact) mass is 327 g/mol. The minimum Gasteiger partial charge on any atom is -0.381 e. The van der Waals surface area contributed by atoms with Gasteiger partial charge in [-0.3, -0.25) is 0 Å². The highest BCUT2D eigenvalue weighted by molar-refractivity contribution is 5.37. The first kappa shape index (κ1) is 17.1. The van der Waals surface area contributed by atoms with E-state index in [4.69, 9.17) is 10.5 Å². The van der Waals surface area contributed by atoms with Crippen LogP contribution in [0.4, 0.5) is 26.3 Å². The summed E-state index contributed by atoms with van der Waals surface area (Å²) in [5, 5.41) is 0. The van der Waals surface area contributed by atoms with Crippen LogP contribution in [-0.4, -0.2) is 13.2 Å². The Morgan fingerprint density at radius 2 is 1.59 bits per heavy atom. The summed E-state index contributed by atoms with van der Waals surface area (Å²) in [6.07, 6.45) is -8.75. The fourth-order valence-corrected chi connectivity index (χ4v) is 2.60. The summed E-state index contributed by atoms with van der Waals surface area (Å²) in [7, 11) is 0. The summed E-state index contributed by atoms with van der Waals surface area (Å²) in [6, 6.07) is 0.646. The van der Waals surface area contributed by atoms with E-state index in [9.17, 15) is 26.3 Å². The molecule has 124 valence electrons. The first-order chi connectivity index (χ1) is 10.1. The van der Waals surface area contributed by atoms with E-state index in [1.54, 1.807) is 0 Å². The molecule has 0 spiro atoms. The fraction of sp³-hybridized carbons (Fsp3) is 0.571. The van der Waals surface area contributed by atoms with E-state index in [0.717, 1.165) is 6.07 Å². The Balaban J connectivity index is 2.41. The van der Waals surface area contributed by atoms with Crippen LogP contribution in [0.15, 0.2) is 18.2 Å². The molecule has 0 amide bonds. The molecule has 1 atom stereocenters. The van der Waals surface area contributed by atoms with Crippen LogP contribution in [0.25, 0.3) is 0 Å². The maximum absolute atomic E-state index is 13.1. The van der Waals surface area contributed by atoms with Crippen LogP contribution in [-0.2, 0) is 17.1 Å². The van der Waals surface area contributed by atoms with Crippen LogP contribution in [0.1, 0.15) is 35.6 Å². The van der Waals surface area contributed by atoms with Crippen LogP contribution >= 0.6 is 0 Å². The van der Waals surface area contributed by atoms with Crippen molar-refractivity contribution >= 4 is 0 Å². The SMILES string of the molecule is N[C@@H](c1ccc(C(F)(F)F)cc1C(F)(F)F)C1CCOCC1. The van der Waals surface area contributed by atoms with Crippen molar-refractivity contribution in [1.29, 1.82) is 0 Å². The Hall–Kier alpha value is -1.28. The molecule has 0 bridgehead atoms. The van der Waals surface area contributed by atoms with Gasteiger partial charge in [-0.2, -0.15) is 26.3 Å². The van der Waals surface area contributed by atoms with Crippen LogP contribution in [0.3, 0.4) is 0 Å². The highest BCUT2D eigenvalue weighted by atomic mass is 19.4. The smallest absolute Gasteiger partial charge is 0.381 e. The Bertz CT molecular complexity index is 519. The second kappa shape index (κ2) is 6.08. The van der Waals surface area contributed by atoms with E-state index in [2.05, 4.69) is 0 Å². The molecule has 2 rings (SSSR count). The molecule has 1 aromatic carbocycles. The third-order valence-corrected chi connectivity index (χ3v) is 3.82. The second-order valence-corrected chi connectivity index (χ2v) is 5.27. The molecule has 1 aliphatic rings. The molecule has 2 N–H and O–H groups in total. The van der Waals surface area contributed by atoms with Gasteiger partial charge < -0.3 is 10.5 Å². The number of ether oxygens (including phenoxy) is 1. The van der Waals surface area contributed by atoms with Gasteiger partial charge in [0.15, 0.2) is 0 Å². The van der Waals surface area contributed by atoms with Crippen LogP contribution in [0.2, 0.25) is 0 Å². The van der Waals surface area contributed by atoms with Crippen molar-refractivity contribution in [3.8, 4) is 0 Å². The van der Waals surface area contributed by atoms with Gasteiger partial charge in [-0.05, 0) is 36.5 Å². The van der Waals surface area contributed by atoms with Gasteiger partial charge in [-0.15, -0.1) is 0 Å². The average Bonchev–Trinajstić information content (AvgIpc) is 2.45. The summed E-state index contributed by atoms with van der Waals surface area (Å²) in [5.74, 6) is -0.244. The number of hydrogen-bond donors (Lipinski definition) is 1. The van der Waals surface area contributed by atoms with Gasteiger partial charge in [-0.25, -0.2) is 0 Å². The predicted molar refractivity (Wildman–Crippen MR) is 66.9 cm³/mol. The first-order valence-corrected chi connectivity index (χ1v) is 6.72. The van der Waals surface area contributed by atoms with Gasteiger partial charge in [0.2, 0.25) is 0 Å². The maximum atomic E-state index is 13.1. The molecule has 1 heterocycles. The van der Waals surface area contributed by atoms with Crippen LogP contribution < -0.4 is 5.73 Å². The standard InChI is InChI=1S/C14H15F6NO/c15-13(16,17)9-1-2-10(11(7-9)14(18,19)20)12(21)8-3-5-22-6-4-8/h1-2,7-8,12H,3-6,21H2/t12-/m1/s1. The van der Waals surface area contributed by atoms with Crippen molar-refractivity contribution in [2.75, 3.05) is 13.2 Å². The number of hydrogen-bond acceptors (Lipinski definition) is 2. The zero-order valence-electron chi connectivity index (χ0n) is 11.5. The summed E-state index contributed by atoms with van der Waals surface area (Å²) >= 11 is 0. The second-order valence-electron chi connectivity index (χ2n) is 5.27. The summed E-state index contributed by atoms with van der Waals surface area (Å²) < 4.78 is 82.3. The molecule has 8 heteroatoms. The highest BCUT2D eigenvalue weighted by Crippen LogP contribution is 2.41. The quantitative estimate of drug-likeness (QED) is 0.828. The number of alkyl halides is 6. The number of nitrogens with two attached hydrogens (primary N) is 1. The molecule has 1 aromatic rings. The fourth-order valence-electron chi connectivity index (χ4n) is 2.60. The molecule has 1 aliphatic heterocycles. The molecule has 1 saturated heterocycles. The van der Waals surface area contributed by atoms with Gasteiger partial charge in [-0.1, -0.05) is 6.07 Å². The molecule has 0 saturated carbocycles. The Morgan fingerprint density at radius 3 is 2.09 bits per heavy atom. The summed E-state index contributed by atoms with van der Waals surface area (Å²) in [4.78, 5) is 0. The Morgan fingerprint density at radius 1 is 1.00 bits per heavy atom. The van der Waals surface area contributed by atoms with Crippen molar-refractivity contribution < 1.29 is 31.1 Å². The van der Waals surface area contributed by atoms with Crippen molar-refractivity contribution in [2.24, 2.45) is 11.7 Å². The van der Waals surface area contributed by atoms with Gasteiger partial charge in [0.05, 0.1) is 11.1 Å². The predicted octanol–water partition coefficient (Wildman–Crippen LogP) is 4.15. The van der Waals surface area contributed by atoms with E-state index >= 15 is 0 Å². The van der Waals surface area contributed by atoms with Crippen molar-refractivity contribution in [2.45, 2.75) is 31.2 Å². The molecule has 22 heavy (non-hydrogen) atoms. The van der Waals surface area contributed by atoms with E-state index in [0.29, 0.717) is 32.1 Å². The number of halogens is 6. The molecular formula is C14H15F6NO. The molecule has 0 aliphatic carbocycles. The topological polar surface area (TPSA) is 35.2 Å². The third-order valence-electron chi connectivity index (χ3n) is 3.82. The molecule has 2 nitrogen and oxygen atoms in total. The largest absolute Gasteiger partial charge is 0.416 e. The molecular weight excluding hydrogens is 312 g/mol. The summed E-state index contributed by atoms with van der Waals surface area (Å²) in [5.41, 5.74) is 2.94. The van der Waals surface area contributed by atoms with E-state index in [1.807, 2.05) is 0 Å². The van der Waals surface area contributed by atoms with E-state index in [-0.39, 0.29) is 17.5 Å². The normalized spacial score (nSPS) is 19.2. The Kier molecular flexibility index (Phi) is 4.72. The Labute approximate surface area is 123 Å².